The minimum absolute atomic E-state index is 0.0223. The monoisotopic (exact) mass is 266 g/mol. The number of aliphatic hydroxyl groups is 1. The fourth-order valence-electron chi connectivity index (χ4n) is 3.05. The van der Waals surface area contributed by atoms with Gasteiger partial charge in [-0.05, 0) is 38.1 Å². The molecule has 1 aliphatic heterocycles. The van der Waals surface area contributed by atoms with Crippen molar-refractivity contribution in [3.05, 3.63) is 17.0 Å². The summed E-state index contributed by atoms with van der Waals surface area (Å²) in [5.41, 5.74) is 1.84. The number of hydrogen-bond donors (Lipinski definition) is 2. The van der Waals surface area contributed by atoms with Crippen LogP contribution >= 0.6 is 0 Å². The molecule has 2 aliphatic rings. The van der Waals surface area contributed by atoms with Crippen LogP contribution < -0.4 is 5.32 Å². The predicted octanol–water partition coefficient (Wildman–Crippen LogP) is 1.04. The summed E-state index contributed by atoms with van der Waals surface area (Å²) in [5.74, 6) is 1.71. The fourth-order valence-corrected chi connectivity index (χ4v) is 3.05. The summed E-state index contributed by atoms with van der Waals surface area (Å²) in [4.78, 5) is 0. The molecule has 3 rings (SSSR count). The van der Waals surface area contributed by atoms with Gasteiger partial charge < -0.3 is 19.7 Å². The van der Waals surface area contributed by atoms with Crippen LogP contribution in [0, 0.1) is 5.92 Å². The van der Waals surface area contributed by atoms with Gasteiger partial charge in [-0.3, -0.25) is 0 Å². The SMILES string of the molecule is OCc1noc2c1CC(NCC1CCOCC1)CC2. The summed E-state index contributed by atoms with van der Waals surface area (Å²) in [5, 5.41) is 16.8. The van der Waals surface area contributed by atoms with Gasteiger partial charge in [-0.25, -0.2) is 0 Å². The molecule has 0 amide bonds. The minimum Gasteiger partial charge on any atom is -0.390 e. The van der Waals surface area contributed by atoms with Gasteiger partial charge in [-0.1, -0.05) is 5.16 Å². The fraction of sp³-hybridized carbons (Fsp3) is 0.786. The largest absolute Gasteiger partial charge is 0.390 e. The molecule has 1 aromatic rings. The second-order valence-electron chi connectivity index (χ2n) is 5.59. The van der Waals surface area contributed by atoms with Gasteiger partial charge in [0.2, 0.25) is 0 Å². The van der Waals surface area contributed by atoms with Crippen molar-refractivity contribution >= 4 is 0 Å². The van der Waals surface area contributed by atoms with Gasteiger partial charge in [-0.2, -0.15) is 0 Å². The van der Waals surface area contributed by atoms with Crippen molar-refractivity contribution in [2.75, 3.05) is 19.8 Å². The van der Waals surface area contributed by atoms with Crippen LogP contribution in [-0.2, 0) is 24.2 Å². The van der Waals surface area contributed by atoms with Gasteiger partial charge in [0.1, 0.15) is 11.5 Å². The molecule has 0 saturated carbocycles. The van der Waals surface area contributed by atoms with Crippen LogP contribution in [0.25, 0.3) is 0 Å². The van der Waals surface area contributed by atoms with Crippen LogP contribution in [0.15, 0.2) is 4.52 Å². The molecule has 0 spiro atoms. The summed E-state index contributed by atoms with van der Waals surface area (Å²) in [6.07, 6.45) is 5.28. The maximum atomic E-state index is 9.25. The molecule has 1 aliphatic carbocycles. The molecule has 2 heterocycles. The highest BCUT2D eigenvalue weighted by Crippen LogP contribution is 2.25. The highest BCUT2D eigenvalue weighted by molar-refractivity contribution is 5.26. The third-order valence-corrected chi connectivity index (χ3v) is 4.31. The van der Waals surface area contributed by atoms with E-state index in [9.17, 15) is 5.11 Å². The predicted molar refractivity (Wildman–Crippen MR) is 69.8 cm³/mol. The van der Waals surface area contributed by atoms with Crippen LogP contribution in [0.3, 0.4) is 0 Å². The highest BCUT2D eigenvalue weighted by Gasteiger charge is 2.25. The van der Waals surface area contributed by atoms with Gasteiger partial charge in [0, 0.05) is 31.2 Å². The standard InChI is InChI=1S/C14H22N2O3/c17-9-13-12-7-11(1-2-14(12)19-16-13)15-8-10-3-5-18-6-4-10/h10-11,15,17H,1-9H2. The van der Waals surface area contributed by atoms with Crippen LogP contribution in [0.4, 0.5) is 0 Å². The van der Waals surface area contributed by atoms with Gasteiger partial charge in [-0.15, -0.1) is 0 Å². The molecule has 1 fully saturated rings. The Kier molecular flexibility index (Phi) is 4.15. The van der Waals surface area contributed by atoms with Crippen LogP contribution in [-0.4, -0.2) is 36.1 Å². The van der Waals surface area contributed by atoms with E-state index in [2.05, 4.69) is 10.5 Å². The van der Waals surface area contributed by atoms with E-state index in [1.807, 2.05) is 0 Å². The first-order chi connectivity index (χ1) is 9.36. The van der Waals surface area contributed by atoms with Gasteiger partial charge >= 0.3 is 0 Å². The second-order valence-corrected chi connectivity index (χ2v) is 5.59. The smallest absolute Gasteiger partial charge is 0.140 e. The van der Waals surface area contributed by atoms with E-state index in [0.29, 0.717) is 11.7 Å². The summed E-state index contributed by atoms with van der Waals surface area (Å²) >= 11 is 0. The minimum atomic E-state index is -0.0223. The lowest BCUT2D eigenvalue weighted by molar-refractivity contribution is 0.0652. The molecule has 1 atom stereocenters. The Morgan fingerprint density at radius 1 is 1.26 bits per heavy atom. The Balaban J connectivity index is 1.53. The summed E-state index contributed by atoms with van der Waals surface area (Å²) in [7, 11) is 0. The average Bonchev–Trinajstić information content (AvgIpc) is 2.88. The molecular formula is C14H22N2O3. The van der Waals surface area contributed by atoms with E-state index in [1.54, 1.807) is 0 Å². The number of aryl methyl sites for hydroxylation is 1. The Morgan fingerprint density at radius 3 is 2.89 bits per heavy atom. The first-order valence-corrected chi connectivity index (χ1v) is 7.25. The highest BCUT2D eigenvalue weighted by atomic mass is 16.5. The average molecular weight is 266 g/mol. The molecule has 5 heteroatoms. The first-order valence-electron chi connectivity index (χ1n) is 7.25. The Bertz CT molecular complexity index is 399. The van der Waals surface area contributed by atoms with E-state index in [0.717, 1.165) is 56.3 Å². The summed E-state index contributed by atoms with van der Waals surface area (Å²) in [6.45, 7) is 2.86. The number of nitrogens with zero attached hydrogens (tertiary/aromatic N) is 1. The Morgan fingerprint density at radius 2 is 2.11 bits per heavy atom. The van der Waals surface area contributed by atoms with E-state index in [4.69, 9.17) is 9.26 Å². The zero-order valence-electron chi connectivity index (χ0n) is 11.2. The third kappa shape index (κ3) is 2.99. The van der Waals surface area contributed by atoms with E-state index in [-0.39, 0.29) is 6.61 Å². The lowest BCUT2D eigenvalue weighted by atomic mass is 9.91. The van der Waals surface area contributed by atoms with E-state index >= 15 is 0 Å². The molecule has 5 nitrogen and oxygen atoms in total. The Labute approximate surface area is 113 Å². The van der Waals surface area contributed by atoms with E-state index in [1.165, 1.54) is 12.8 Å². The van der Waals surface area contributed by atoms with Crippen molar-refractivity contribution < 1.29 is 14.4 Å². The van der Waals surface area contributed by atoms with Crippen molar-refractivity contribution in [2.24, 2.45) is 5.92 Å². The van der Waals surface area contributed by atoms with Gasteiger partial charge in [0.25, 0.3) is 0 Å². The maximum Gasteiger partial charge on any atom is 0.140 e. The quantitative estimate of drug-likeness (QED) is 0.852. The topological polar surface area (TPSA) is 67.5 Å². The molecule has 2 N–H and O–H groups in total. The molecule has 1 aromatic heterocycles. The molecule has 0 radical (unpaired) electrons. The summed E-state index contributed by atoms with van der Waals surface area (Å²) in [6, 6.07) is 0.486. The number of rotatable bonds is 4. The van der Waals surface area contributed by atoms with Crippen molar-refractivity contribution in [1.29, 1.82) is 0 Å². The number of ether oxygens (including phenoxy) is 1. The van der Waals surface area contributed by atoms with E-state index < -0.39 is 0 Å². The number of aliphatic hydroxyl groups excluding tert-OH is 1. The van der Waals surface area contributed by atoms with Crippen LogP contribution in [0.2, 0.25) is 0 Å². The van der Waals surface area contributed by atoms with Gasteiger partial charge in [0.15, 0.2) is 0 Å². The molecule has 1 saturated heterocycles. The van der Waals surface area contributed by atoms with Crippen molar-refractivity contribution in [3.63, 3.8) is 0 Å². The number of aromatic nitrogens is 1. The first kappa shape index (κ1) is 13.1. The summed E-state index contributed by atoms with van der Waals surface area (Å²) < 4.78 is 10.6. The lowest BCUT2D eigenvalue weighted by Crippen LogP contribution is -2.38. The lowest BCUT2D eigenvalue weighted by Gasteiger charge is -2.27. The third-order valence-electron chi connectivity index (χ3n) is 4.31. The molecule has 19 heavy (non-hydrogen) atoms. The van der Waals surface area contributed by atoms with Crippen molar-refractivity contribution in [1.82, 2.24) is 10.5 Å². The number of hydrogen-bond acceptors (Lipinski definition) is 5. The molecule has 0 aromatic carbocycles. The maximum absolute atomic E-state index is 9.25. The number of nitrogens with one attached hydrogen (secondary N) is 1. The van der Waals surface area contributed by atoms with Gasteiger partial charge in [0.05, 0.1) is 6.61 Å². The van der Waals surface area contributed by atoms with Crippen molar-refractivity contribution in [2.45, 2.75) is 44.8 Å². The molecule has 0 bridgehead atoms. The number of fused-ring (bicyclic) bond motifs is 1. The Hall–Kier alpha value is -0.910. The molecular weight excluding hydrogens is 244 g/mol. The molecule has 106 valence electrons. The second kappa shape index (κ2) is 6.03. The zero-order valence-corrected chi connectivity index (χ0v) is 11.2. The van der Waals surface area contributed by atoms with Crippen molar-refractivity contribution in [3.8, 4) is 0 Å². The zero-order chi connectivity index (χ0) is 13.1. The normalized spacial score (nSPS) is 24.4. The van der Waals surface area contributed by atoms with Crippen LogP contribution in [0.5, 0.6) is 0 Å². The molecule has 1 unspecified atom stereocenters. The van der Waals surface area contributed by atoms with Crippen LogP contribution in [0.1, 0.15) is 36.3 Å².